The summed E-state index contributed by atoms with van der Waals surface area (Å²) in [5.74, 6) is -2.09. The van der Waals surface area contributed by atoms with Gasteiger partial charge in [-0.05, 0) is 36.5 Å². The van der Waals surface area contributed by atoms with Crippen LogP contribution in [0.5, 0.6) is 5.75 Å². The summed E-state index contributed by atoms with van der Waals surface area (Å²) in [6.07, 6.45) is -1.49. The summed E-state index contributed by atoms with van der Waals surface area (Å²) in [6.45, 7) is 1.41. The lowest BCUT2D eigenvalue weighted by Crippen LogP contribution is -2.53. The lowest BCUT2D eigenvalue weighted by atomic mass is 9.90. The maximum Gasteiger partial charge on any atom is 0.419 e. The number of benzene rings is 1. The van der Waals surface area contributed by atoms with Crippen LogP contribution in [0, 0.1) is 11.6 Å². The molecule has 2 aromatic rings. The van der Waals surface area contributed by atoms with Gasteiger partial charge in [0.25, 0.3) is 0 Å². The Balaban J connectivity index is 1.31. The molecule has 4 rings (SSSR count). The Kier molecular flexibility index (Phi) is 6.80. The molecule has 2 saturated heterocycles. The molecule has 13 heteroatoms. The molecule has 2 aliphatic rings. The average Bonchev–Trinajstić information content (AvgIpc) is 2.73. The number of hydrogen-bond donors (Lipinski definition) is 0. The molecule has 0 aliphatic carbocycles. The normalized spacial score (nSPS) is 19.2. The van der Waals surface area contributed by atoms with Gasteiger partial charge in [0.15, 0.2) is 17.4 Å². The number of aromatic nitrogens is 2. The second-order valence-electron chi connectivity index (χ2n) is 8.57. The minimum Gasteiger partial charge on any atom is -0.482 e. The van der Waals surface area contributed by atoms with E-state index in [2.05, 4.69) is 9.97 Å². The lowest BCUT2D eigenvalue weighted by molar-refractivity contribution is -0.138. The predicted molar refractivity (Wildman–Crippen MR) is 111 cm³/mol. The molecule has 0 bridgehead atoms. The van der Waals surface area contributed by atoms with Crippen molar-refractivity contribution in [2.75, 3.05) is 32.4 Å². The Labute approximate surface area is 193 Å². The van der Waals surface area contributed by atoms with Crippen molar-refractivity contribution < 1.29 is 35.1 Å². The van der Waals surface area contributed by atoms with Gasteiger partial charge in [-0.15, -0.1) is 0 Å². The van der Waals surface area contributed by atoms with Crippen LogP contribution in [0.1, 0.15) is 35.7 Å². The van der Waals surface area contributed by atoms with Crippen molar-refractivity contribution in [3.63, 3.8) is 0 Å². The van der Waals surface area contributed by atoms with Crippen LogP contribution >= 0.6 is 0 Å². The molecule has 3 heterocycles. The van der Waals surface area contributed by atoms with E-state index >= 15 is 0 Å². The highest BCUT2D eigenvalue weighted by molar-refractivity contribution is 7.88. The van der Waals surface area contributed by atoms with Crippen LogP contribution < -0.4 is 4.74 Å². The zero-order valence-corrected chi connectivity index (χ0v) is 19.0. The van der Waals surface area contributed by atoms with Crippen molar-refractivity contribution in [2.24, 2.45) is 0 Å². The fourth-order valence-corrected chi connectivity index (χ4v) is 5.00. The number of alkyl halides is 3. The number of nitrogens with zero attached hydrogens (tertiary/aromatic N) is 4. The van der Waals surface area contributed by atoms with E-state index in [1.54, 1.807) is 4.90 Å². The number of likely N-dealkylation sites (tertiary alicyclic amines) is 1. The number of sulfonamides is 1. The van der Waals surface area contributed by atoms with Gasteiger partial charge in [0.1, 0.15) is 11.9 Å². The largest absolute Gasteiger partial charge is 0.482 e. The Hall–Kier alpha value is -2.38. The Morgan fingerprint density at radius 1 is 1.06 bits per heavy atom. The van der Waals surface area contributed by atoms with E-state index in [4.69, 9.17) is 4.74 Å². The molecule has 0 radical (unpaired) electrons. The van der Waals surface area contributed by atoms with Crippen LogP contribution in [-0.4, -0.2) is 66.1 Å². The number of halogens is 5. The van der Waals surface area contributed by atoms with Gasteiger partial charge in [-0.1, -0.05) is 0 Å². The van der Waals surface area contributed by atoms with Crippen molar-refractivity contribution in [3.05, 3.63) is 53.1 Å². The fraction of sp³-hybridized carbons (Fsp3) is 0.524. The Bertz CT molecular complexity index is 1110. The summed E-state index contributed by atoms with van der Waals surface area (Å²) >= 11 is 0. The third-order valence-electron chi connectivity index (χ3n) is 6.02. The minimum atomic E-state index is -4.51. The van der Waals surface area contributed by atoms with Crippen molar-refractivity contribution in [1.29, 1.82) is 0 Å². The molecule has 186 valence electrons. The van der Waals surface area contributed by atoms with E-state index < -0.39 is 45.3 Å². The molecule has 0 unspecified atom stereocenters. The van der Waals surface area contributed by atoms with Crippen LogP contribution in [0.25, 0.3) is 0 Å². The van der Waals surface area contributed by atoms with Gasteiger partial charge in [-0.25, -0.2) is 31.5 Å². The zero-order valence-electron chi connectivity index (χ0n) is 18.2. The molecular weight excluding hydrogens is 483 g/mol. The summed E-state index contributed by atoms with van der Waals surface area (Å²) in [5.41, 5.74) is -0.471. The van der Waals surface area contributed by atoms with Crippen LogP contribution in [0.15, 0.2) is 24.5 Å². The van der Waals surface area contributed by atoms with Gasteiger partial charge in [0.2, 0.25) is 10.0 Å². The van der Waals surface area contributed by atoms with Crippen molar-refractivity contribution in [1.82, 2.24) is 19.2 Å². The molecule has 0 atom stereocenters. The van der Waals surface area contributed by atoms with E-state index in [0.717, 1.165) is 6.26 Å². The highest BCUT2D eigenvalue weighted by Crippen LogP contribution is 2.34. The number of ether oxygens (including phenoxy) is 1. The van der Waals surface area contributed by atoms with Crippen LogP contribution in [0.3, 0.4) is 0 Å². The third kappa shape index (κ3) is 5.63. The second kappa shape index (κ2) is 9.34. The van der Waals surface area contributed by atoms with E-state index in [-0.39, 0.29) is 18.3 Å². The first-order valence-electron chi connectivity index (χ1n) is 10.6. The molecule has 34 heavy (non-hydrogen) atoms. The Morgan fingerprint density at radius 2 is 1.62 bits per heavy atom. The SMILES string of the molecule is CS(=O)(=O)N1CCC(c2cc(F)c(OC3CN(Cc4ncc(C(F)(F)F)cn4)C3)c(F)c2)CC1. The van der Waals surface area contributed by atoms with Gasteiger partial charge in [-0.3, -0.25) is 4.90 Å². The quantitative estimate of drug-likeness (QED) is 0.561. The number of rotatable bonds is 6. The summed E-state index contributed by atoms with van der Waals surface area (Å²) in [6, 6.07) is 2.46. The van der Waals surface area contributed by atoms with Crippen molar-refractivity contribution in [3.8, 4) is 5.75 Å². The summed E-state index contributed by atoms with van der Waals surface area (Å²) in [7, 11) is -3.29. The third-order valence-corrected chi connectivity index (χ3v) is 7.32. The molecule has 1 aromatic heterocycles. The van der Waals surface area contributed by atoms with Gasteiger partial charge >= 0.3 is 6.18 Å². The van der Waals surface area contributed by atoms with Gasteiger partial charge in [0, 0.05) is 38.6 Å². The van der Waals surface area contributed by atoms with E-state index in [1.165, 1.54) is 16.4 Å². The van der Waals surface area contributed by atoms with Crippen molar-refractivity contribution in [2.45, 2.75) is 37.6 Å². The van der Waals surface area contributed by atoms with Crippen LogP contribution in [0.4, 0.5) is 22.0 Å². The topological polar surface area (TPSA) is 75.6 Å². The predicted octanol–water partition coefficient (Wildman–Crippen LogP) is 3.18. The molecule has 0 amide bonds. The maximum atomic E-state index is 14.6. The number of piperidine rings is 1. The van der Waals surface area contributed by atoms with Crippen LogP contribution in [-0.2, 0) is 22.7 Å². The summed E-state index contributed by atoms with van der Waals surface area (Å²) in [4.78, 5) is 9.20. The number of hydrogen-bond acceptors (Lipinski definition) is 6. The van der Waals surface area contributed by atoms with Crippen LogP contribution in [0.2, 0.25) is 0 Å². The zero-order chi connectivity index (χ0) is 24.7. The Morgan fingerprint density at radius 3 is 2.12 bits per heavy atom. The first-order chi connectivity index (χ1) is 15.9. The van der Waals surface area contributed by atoms with E-state index in [9.17, 15) is 30.4 Å². The molecule has 0 spiro atoms. The minimum absolute atomic E-state index is 0.154. The smallest absolute Gasteiger partial charge is 0.419 e. The van der Waals surface area contributed by atoms with Gasteiger partial charge in [-0.2, -0.15) is 13.2 Å². The molecule has 2 fully saturated rings. The average molecular weight is 506 g/mol. The maximum absolute atomic E-state index is 14.6. The standard InChI is InChI=1S/C21H23F5N4O3S/c1-34(31,32)30-4-2-13(3-5-30)14-6-17(22)20(18(23)7-14)33-16-10-29(11-16)12-19-27-8-15(9-28-19)21(24,25)26/h6-9,13,16H,2-5,10-12H2,1H3. The molecule has 0 N–H and O–H groups in total. The first-order valence-corrected chi connectivity index (χ1v) is 12.5. The lowest BCUT2D eigenvalue weighted by Gasteiger charge is -2.38. The van der Waals surface area contributed by atoms with E-state index in [1.807, 2.05) is 0 Å². The summed E-state index contributed by atoms with van der Waals surface area (Å²) < 4.78 is 97.1. The first kappa shape index (κ1) is 24.7. The van der Waals surface area contributed by atoms with Gasteiger partial charge < -0.3 is 4.74 Å². The van der Waals surface area contributed by atoms with Crippen molar-refractivity contribution >= 4 is 10.0 Å². The molecule has 0 saturated carbocycles. The van der Waals surface area contributed by atoms with Gasteiger partial charge in [0.05, 0.1) is 18.4 Å². The van der Waals surface area contributed by atoms with E-state index in [0.29, 0.717) is 57.0 Å². The molecular formula is C21H23F5N4O3S. The highest BCUT2D eigenvalue weighted by atomic mass is 32.2. The molecule has 1 aromatic carbocycles. The monoisotopic (exact) mass is 506 g/mol. The highest BCUT2D eigenvalue weighted by Gasteiger charge is 2.33. The fourth-order valence-electron chi connectivity index (χ4n) is 4.12. The molecule has 2 aliphatic heterocycles. The molecule has 7 nitrogen and oxygen atoms in total. The second-order valence-corrected chi connectivity index (χ2v) is 10.6. The summed E-state index contributed by atoms with van der Waals surface area (Å²) in [5, 5.41) is 0.